The lowest BCUT2D eigenvalue weighted by atomic mass is 10.3. The Morgan fingerprint density at radius 3 is 2.57 bits per heavy atom. The molecule has 0 bridgehead atoms. The number of anilines is 1. The molecule has 0 aromatic heterocycles. The third kappa shape index (κ3) is 7.09. The molecule has 0 saturated heterocycles. The van der Waals surface area contributed by atoms with Crippen LogP contribution in [0.5, 0.6) is 0 Å². The fourth-order valence-corrected chi connectivity index (χ4v) is 1.67. The standard InChI is InChI=1S/C12H12Cl4N2O3/c1-7(6-17-10(19)12(14,15)16)21-11(20)18-9-4-2-3-8(13)5-9/h2-5,7H,6H2,1H3,(H,17,19)(H,18,20)/t7-/m1/s1. The first kappa shape index (κ1) is 18.2. The van der Waals surface area contributed by atoms with Crippen LogP contribution in [0.2, 0.25) is 5.02 Å². The molecule has 0 aliphatic heterocycles. The number of alkyl halides is 3. The van der Waals surface area contributed by atoms with Crippen molar-refractivity contribution in [3.63, 3.8) is 0 Å². The molecule has 0 spiro atoms. The van der Waals surface area contributed by atoms with Gasteiger partial charge in [0.1, 0.15) is 6.10 Å². The molecular weight excluding hydrogens is 362 g/mol. The van der Waals surface area contributed by atoms with Crippen molar-refractivity contribution < 1.29 is 14.3 Å². The van der Waals surface area contributed by atoms with Crippen molar-refractivity contribution in [3.05, 3.63) is 29.3 Å². The van der Waals surface area contributed by atoms with Gasteiger partial charge in [-0.2, -0.15) is 0 Å². The Labute approximate surface area is 141 Å². The Morgan fingerprint density at radius 2 is 2.00 bits per heavy atom. The minimum absolute atomic E-state index is 0.00963. The molecule has 5 nitrogen and oxygen atoms in total. The summed E-state index contributed by atoms with van der Waals surface area (Å²) in [7, 11) is 0. The van der Waals surface area contributed by atoms with Crippen molar-refractivity contribution in [2.24, 2.45) is 0 Å². The zero-order chi connectivity index (χ0) is 16.0. The molecule has 0 saturated carbocycles. The van der Waals surface area contributed by atoms with Crippen molar-refractivity contribution in [2.75, 3.05) is 11.9 Å². The predicted octanol–water partition coefficient (Wildman–Crippen LogP) is 3.76. The molecule has 1 atom stereocenters. The summed E-state index contributed by atoms with van der Waals surface area (Å²) in [5, 5.41) is 5.32. The highest BCUT2D eigenvalue weighted by Gasteiger charge is 2.30. The smallest absolute Gasteiger partial charge is 0.411 e. The van der Waals surface area contributed by atoms with Crippen LogP contribution in [-0.4, -0.2) is 28.4 Å². The molecule has 0 aliphatic rings. The Hall–Kier alpha value is -0.880. The molecule has 1 aromatic rings. The maximum absolute atomic E-state index is 11.6. The van der Waals surface area contributed by atoms with Crippen LogP contribution in [0.1, 0.15) is 6.92 Å². The van der Waals surface area contributed by atoms with Crippen molar-refractivity contribution in [2.45, 2.75) is 16.8 Å². The summed E-state index contributed by atoms with van der Waals surface area (Å²) in [5.41, 5.74) is 0.491. The minimum Gasteiger partial charge on any atom is -0.444 e. The molecule has 0 aliphatic carbocycles. The number of carbonyl (C=O) groups is 2. The van der Waals surface area contributed by atoms with Crippen molar-refractivity contribution >= 4 is 64.1 Å². The highest BCUT2D eigenvalue weighted by atomic mass is 35.6. The number of hydrogen-bond donors (Lipinski definition) is 2. The average molecular weight is 374 g/mol. The van der Waals surface area contributed by atoms with Gasteiger partial charge in [-0.15, -0.1) is 0 Å². The van der Waals surface area contributed by atoms with E-state index in [9.17, 15) is 9.59 Å². The number of amides is 2. The summed E-state index contributed by atoms with van der Waals surface area (Å²) in [4.78, 5) is 22.9. The number of rotatable bonds is 4. The normalized spacial score (nSPS) is 12.4. The fraction of sp³-hybridized carbons (Fsp3) is 0.333. The zero-order valence-electron chi connectivity index (χ0n) is 10.8. The Bertz CT molecular complexity index is 519. The maximum atomic E-state index is 11.6. The van der Waals surface area contributed by atoms with Gasteiger partial charge in [-0.1, -0.05) is 52.5 Å². The van der Waals surface area contributed by atoms with E-state index in [0.717, 1.165) is 0 Å². The van der Waals surface area contributed by atoms with E-state index in [1.807, 2.05) is 0 Å². The van der Waals surface area contributed by atoms with Gasteiger partial charge in [-0.05, 0) is 25.1 Å². The number of benzene rings is 1. The summed E-state index contributed by atoms with van der Waals surface area (Å²) in [6, 6.07) is 6.58. The lowest BCUT2D eigenvalue weighted by molar-refractivity contribution is -0.120. The fourth-order valence-electron chi connectivity index (χ4n) is 1.27. The van der Waals surface area contributed by atoms with Crippen molar-refractivity contribution in [1.29, 1.82) is 0 Å². The molecule has 0 heterocycles. The molecule has 0 radical (unpaired) electrons. The first-order valence-electron chi connectivity index (χ1n) is 5.76. The van der Waals surface area contributed by atoms with Crippen LogP contribution in [0.25, 0.3) is 0 Å². The molecule has 2 amide bonds. The Balaban J connectivity index is 2.39. The monoisotopic (exact) mass is 372 g/mol. The molecule has 116 valence electrons. The topological polar surface area (TPSA) is 67.4 Å². The van der Waals surface area contributed by atoms with Crippen molar-refractivity contribution in [1.82, 2.24) is 5.32 Å². The molecule has 1 aromatic carbocycles. The minimum atomic E-state index is -2.05. The largest absolute Gasteiger partial charge is 0.444 e. The first-order chi connectivity index (χ1) is 9.68. The highest BCUT2D eigenvalue weighted by molar-refractivity contribution is 6.76. The van der Waals surface area contributed by atoms with Crippen LogP contribution in [0.15, 0.2) is 24.3 Å². The molecule has 0 unspecified atom stereocenters. The van der Waals surface area contributed by atoms with E-state index in [2.05, 4.69) is 10.6 Å². The quantitative estimate of drug-likeness (QED) is 0.789. The predicted molar refractivity (Wildman–Crippen MR) is 84.3 cm³/mol. The van der Waals surface area contributed by atoms with Crippen LogP contribution in [0.3, 0.4) is 0 Å². The van der Waals surface area contributed by atoms with Gasteiger partial charge in [0.15, 0.2) is 0 Å². The Kier molecular flexibility index (Phi) is 6.87. The summed E-state index contributed by atoms with van der Waals surface area (Å²) in [6.07, 6.45) is -1.30. The number of hydrogen-bond acceptors (Lipinski definition) is 3. The highest BCUT2D eigenvalue weighted by Crippen LogP contribution is 2.25. The van der Waals surface area contributed by atoms with Gasteiger partial charge in [0.2, 0.25) is 0 Å². The van der Waals surface area contributed by atoms with Gasteiger partial charge in [-0.25, -0.2) is 4.79 Å². The number of halogens is 4. The SMILES string of the molecule is C[C@H](CNC(=O)C(Cl)(Cl)Cl)OC(=O)Nc1cccc(Cl)c1. The number of nitrogens with one attached hydrogen (secondary N) is 2. The van der Waals surface area contributed by atoms with E-state index >= 15 is 0 Å². The molecule has 2 N–H and O–H groups in total. The Morgan fingerprint density at radius 1 is 1.33 bits per heavy atom. The number of ether oxygens (including phenoxy) is 1. The van der Waals surface area contributed by atoms with Crippen LogP contribution in [-0.2, 0) is 9.53 Å². The molecule has 21 heavy (non-hydrogen) atoms. The summed E-state index contributed by atoms with van der Waals surface area (Å²) in [6.45, 7) is 1.59. The van der Waals surface area contributed by atoms with Crippen LogP contribution in [0, 0.1) is 0 Å². The van der Waals surface area contributed by atoms with Crippen LogP contribution in [0.4, 0.5) is 10.5 Å². The van der Waals surface area contributed by atoms with Gasteiger partial charge in [0.05, 0.1) is 6.54 Å². The molecule has 9 heteroatoms. The van der Waals surface area contributed by atoms with Gasteiger partial charge in [0, 0.05) is 10.7 Å². The zero-order valence-corrected chi connectivity index (χ0v) is 13.9. The van der Waals surface area contributed by atoms with Gasteiger partial charge < -0.3 is 10.1 Å². The van der Waals surface area contributed by atoms with E-state index in [1.165, 1.54) is 0 Å². The second kappa shape index (κ2) is 7.94. The molecular formula is C12H12Cl4N2O3. The number of carbonyl (C=O) groups excluding carboxylic acids is 2. The van der Waals surface area contributed by atoms with E-state index in [1.54, 1.807) is 31.2 Å². The summed E-state index contributed by atoms with van der Waals surface area (Å²) >= 11 is 21.9. The first-order valence-corrected chi connectivity index (χ1v) is 7.28. The van der Waals surface area contributed by atoms with Gasteiger partial charge >= 0.3 is 6.09 Å². The third-order valence-corrected chi connectivity index (χ3v) is 2.94. The lowest BCUT2D eigenvalue weighted by Gasteiger charge is -2.16. The van der Waals surface area contributed by atoms with E-state index in [-0.39, 0.29) is 6.54 Å². The maximum Gasteiger partial charge on any atom is 0.411 e. The summed E-state index contributed by atoms with van der Waals surface area (Å²) < 4.78 is 2.97. The third-order valence-electron chi connectivity index (χ3n) is 2.19. The van der Waals surface area contributed by atoms with Gasteiger partial charge in [-0.3, -0.25) is 10.1 Å². The van der Waals surface area contributed by atoms with Crippen LogP contribution >= 0.6 is 46.4 Å². The lowest BCUT2D eigenvalue weighted by Crippen LogP contribution is -2.40. The van der Waals surface area contributed by atoms with E-state index < -0.39 is 21.9 Å². The second-order valence-corrected chi connectivity index (χ2v) is 6.78. The van der Waals surface area contributed by atoms with Crippen LogP contribution < -0.4 is 10.6 Å². The average Bonchev–Trinajstić information content (AvgIpc) is 2.34. The van der Waals surface area contributed by atoms with E-state index in [4.69, 9.17) is 51.1 Å². The van der Waals surface area contributed by atoms with Crippen molar-refractivity contribution in [3.8, 4) is 0 Å². The summed E-state index contributed by atoms with van der Waals surface area (Å²) in [5.74, 6) is -0.793. The van der Waals surface area contributed by atoms with E-state index in [0.29, 0.717) is 10.7 Å². The van der Waals surface area contributed by atoms with Gasteiger partial charge in [0.25, 0.3) is 9.70 Å². The molecule has 1 rings (SSSR count). The second-order valence-electron chi connectivity index (χ2n) is 4.06. The molecule has 0 fully saturated rings.